The van der Waals surface area contributed by atoms with Crippen LogP contribution in [0.15, 0.2) is 23.1 Å². The van der Waals surface area contributed by atoms with E-state index in [-0.39, 0.29) is 4.90 Å². The fourth-order valence-corrected chi connectivity index (χ4v) is 4.12. The Labute approximate surface area is 104 Å². The minimum absolute atomic E-state index is 0.104. The molecule has 1 saturated carbocycles. The van der Waals surface area contributed by atoms with E-state index in [1.165, 1.54) is 0 Å². The molecule has 0 bridgehead atoms. The molecular weight excluding hydrogens is 259 g/mol. The highest BCUT2D eigenvalue weighted by atomic mass is 32.2. The molecule has 18 heavy (non-hydrogen) atoms. The summed E-state index contributed by atoms with van der Waals surface area (Å²) in [5.41, 5.74) is -0.603. The number of halogens is 1. The molecule has 0 aromatic heterocycles. The highest BCUT2D eigenvalue weighted by molar-refractivity contribution is 7.92. The molecule has 0 unspecified atom stereocenters. The summed E-state index contributed by atoms with van der Waals surface area (Å²) in [5, 5.41) is 8.32. The lowest BCUT2D eigenvalue weighted by Crippen LogP contribution is -2.18. The van der Waals surface area contributed by atoms with Crippen LogP contribution in [0.5, 0.6) is 0 Å². The molecule has 6 heteroatoms. The van der Waals surface area contributed by atoms with Crippen LogP contribution in [0, 0.1) is 5.82 Å². The zero-order chi connectivity index (χ0) is 13.3. The van der Waals surface area contributed by atoms with Gasteiger partial charge in [0.1, 0.15) is 5.82 Å². The van der Waals surface area contributed by atoms with E-state index < -0.39 is 32.4 Å². The van der Waals surface area contributed by atoms with Gasteiger partial charge in [-0.3, -0.25) is 0 Å². The Kier molecular flexibility index (Phi) is 3.38. The maximum atomic E-state index is 13.2. The SMILES string of the molecule is O=C(O)c1cc(S(=O)(=O)C2CCCC2)ccc1F. The summed E-state index contributed by atoms with van der Waals surface area (Å²) in [4.78, 5) is 10.7. The van der Waals surface area contributed by atoms with Gasteiger partial charge >= 0.3 is 5.97 Å². The van der Waals surface area contributed by atoms with Crippen LogP contribution in [-0.4, -0.2) is 24.7 Å². The number of rotatable bonds is 3. The number of sulfone groups is 1. The topological polar surface area (TPSA) is 71.4 Å². The third-order valence-corrected chi connectivity index (χ3v) is 5.50. The van der Waals surface area contributed by atoms with E-state index in [1.807, 2.05) is 0 Å². The average Bonchev–Trinajstić information content (AvgIpc) is 2.82. The second kappa shape index (κ2) is 4.68. The van der Waals surface area contributed by atoms with Crippen LogP contribution in [0.4, 0.5) is 4.39 Å². The number of benzene rings is 1. The maximum Gasteiger partial charge on any atom is 0.338 e. The van der Waals surface area contributed by atoms with Crippen molar-refractivity contribution in [2.45, 2.75) is 35.8 Å². The number of hydrogen-bond donors (Lipinski definition) is 1. The predicted molar refractivity (Wildman–Crippen MR) is 62.8 cm³/mol. The number of carbonyl (C=O) groups is 1. The number of aromatic carboxylic acids is 1. The molecule has 0 heterocycles. The van der Waals surface area contributed by atoms with Crippen LogP contribution in [0.2, 0.25) is 0 Å². The van der Waals surface area contributed by atoms with Gasteiger partial charge in [0, 0.05) is 0 Å². The van der Waals surface area contributed by atoms with Gasteiger partial charge in [-0.1, -0.05) is 12.8 Å². The lowest BCUT2D eigenvalue weighted by molar-refractivity contribution is 0.0691. The van der Waals surface area contributed by atoms with E-state index in [0.29, 0.717) is 12.8 Å². The third kappa shape index (κ3) is 2.25. The second-order valence-electron chi connectivity index (χ2n) is 4.40. The van der Waals surface area contributed by atoms with E-state index in [4.69, 9.17) is 5.11 Å². The minimum Gasteiger partial charge on any atom is -0.478 e. The first-order valence-corrected chi connectivity index (χ1v) is 7.24. The van der Waals surface area contributed by atoms with Crippen molar-refractivity contribution in [1.29, 1.82) is 0 Å². The molecule has 4 nitrogen and oxygen atoms in total. The smallest absolute Gasteiger partial charge is 0.338 e. The minimum atomic E-state index is -3.54. The summed E-state index contributed by atoms with van der Waals surface area (Å²) in [5.74, 6) is -2.39. The van der Waals surface area contributed by atoms with Crippen molar-refractivity contribution < 1.29 is 22.7 Å². The third-order valence-electron chi connectivity index (χ3n) is 3.24. The van der Waals surface area contributed by atoms with Crippen molar-refractivity contribution in [1.82, 2.24) is 0 Å². The van der Waals surface area contributed by atoms with Crippen LogP contribution in [0.3, 0.4) is 0 Å². The Bertz CT molecular complexity index is 574. The van der Waals surface area contributed by atoms with E-state index in [2.05, 4.69) is 0 Å². The van der Waals surface area contributed by atoms with E-state index in [1.54, 1.807) is 0 Å². The molecule has 1 aromatic carbocycles. The van der Waals surface area contributed by atoms with Gasteiger partial charge in [0.05, 0.1) is 15.7 Å². The molecule has 1 aliphatic carbocycles. The standard InChI is InChI=1S/C12H13FO4S/c13-11-6-5-9(7-10(11)12(14)15)18(16,17)8-3-1-2-4-8/h5-8H,1-4H2,(H,14,15). The largest absolute Gasteiger partial charge is 0.478 e. The van der Waals surface area contributed by atoms with Gasteiger partial charge in [-0.15, -0.1) is 0 Å². The van der Waals surface area contributed by atoms with Gasteiger partial charge in [-0.2, -0.15) is 0 Å². The van der Waals surface area contributed by atoms with Gasteiger partial charge in [0.2, 0.25) is 0 Å². The van der Waals surface area contributed by atoms with Crippen LogP contribution in [0.25, 0.3) is 0 Å². The van der Waals surface area contributed by atoms with E-state index in [0.717, 1.165) is 31.0 Å². The van der Waals surface area contributed by atoms with Crippen molar-refractivity contribution in [3.63, 3.8) is 0 Å². The fraction of sp³-hybridized carbons (Fsp3) is 0.417. The average molecular weight is 272 g/mol. The molecule has 0 amide bonds. The van der Waals surface area contributed by atoms with Crippen molar-refractivity contribution in [3.8, 4) is 0 Å². The highest BCUT2D eigenvalue weighted by Crippen LogP contribution is 2.30. The highest BCUT2D eigenvalue weighted by Gasteiger charge is 2.31. The predicted octanol–water partition coefficient (Wildman–Crippen LogP) is 2.24. The van der Waals surface area contributed by atoms with Gasteiger partial charge in [-0.05, 0) is 31.0 Å². The summed E-state index contributed by atoms with van der Waals surface area (Å²) in [6.45, 7) is 0. The van der Waals surface area contributed by atoms with Gasteiger partial charge in [0.25, 0.3) is 0 Å². The van der Waals surface area contributed by atoms with Crippen LogP contribution in [0.1, 0.15) is 36.0 Å². The molecule has 2 rings (SSSR count). The van der Waals surface area contributed by atoms with Crippen LogP contribution < -0.4 is 0 Å². The van der Waals surface area contributed by atoms with Crippen molar-refractivity contribution >= 4 is 15.8 Å². The first kappa shape index (κ1) is 13.0. The monoisotopic (exact) mass is 272 g/mol. The van der Waals surface area contributed by atoms with Crippen LogP contribution >= 0.6 is 0 Å². The Morgan fingerprint density at radius 3 is 2.44 bits per heavy atom. The number of carboxylic acid groups (broad SMARTS) is 1. The van der Waals surface area contributed by atoms with E-state index >= 15 is 0 Å². The van der Waals surface area contributed by atoms with E-state index in [9.17, 15) is 17.6 Å². The number of hydrogen-bond acceptors (Lipinski definition) is 3. The quantitative estimate of drug-likeness (QED) is 0.856. The van der Waals surface area contributed by atoms with Gasteiger partial charge in [-0.25, -0.2) is 17.6 Å². The molecule has 1 aliphatic rings. The molecule has 1 aromatic rings. The molecule has 1 N–H and O–H groups in total. The normalized spacial score (nSPS) is 16.9. The molecule has 0 saturated heterocycles. The first-order valence-electron chi connectivity index (χ1n) is 5.69. The summed E-state index contributed by atoms with van der Waals surface area (Å²) in [6.07, 6.45) is 2.89. The summed E-state index contributed by atoms with van der Waals surface area (Å²) < 4.78 is 37.6. The summed E-state index contributed by atoms with van der Waals surface area (Å²) in [6, 6.07) is 2.94. The maximum absolute atomic E-state index is 13.2. The van der Waals surface area contributed by atoms with Gasteiger partial charge in [0.15, 0.2) is 9.84 Å². The van der Waals surface area contributed by atoms with Crippen molar-refractivity contribution in [2.75, 3.05) is 0 Å². The summed E-state index contributed by atoms with van der Waals surface area (Å²) >= 11 is 0. The van der Waals surface area contributed by atoms with Gasteiger partial charge < -0.3 is 5.11 Å². The molecule has 0 radical (unpaired) electrons. The molecular formula is C12H13FO4S. The second-order valence-corrected chi connectivity index (χ2v) is 6.63. The zero-order valence-electron chi connectivity index (χ0n) is 9.60. The Morgan fingerprint density at radius 2 is 1.89 bits per heavy atom. The molecule has 0 spiro atoms. The molecule has 0 atom stereocenters. The zero-order valence-corrected chi connectivity index (χ0v) is 10.4. The fourth-order valence-electron chi connectivity index (χ4n) is 2.24. The lowest BCUT2D eigenvalue weighted by atomic mass is 10.2. The molecule has 1 fully saturated rings. The van der Waals surface area contributed by atoms with Crippen LogP contribution in [-0.2, 0) is 9.84 Å². The number of carboxylic acids is 1. The summed E-state index contributed by atoms with van der Waals surface area (Å²) in [7, 11) is -3.54. The first-order chi connectivity index (χ1) is 8.43. The molecule has 98 valence electrons. The van der Waals surface area contributed by atoms with Crippen molar-refractivity contribution in [2.24, 2.45) is 0 Å². The Hall–Kier alpha value is -1.43. The Morgan fingerprint density at radius 1 is 1.28 bits per heavy atom. The van der Waals surface area contributed by atoms with Crippen molar-refractivity contribution in [3.05, 3.63) is 29.6 Å². The lowest BCUT2D eigenvalue weighted by Gasteiger charge is -2.11. The molecule has 0 aliphatic heterocycles. The Balaban J connectivity index is 2.45.